The summed E-state index contributed by atoms with van der Waals surface area (Å²) in [5.41, 5.74) is 13.7. The third kappa shape index (κ3) is 10.9. The second-order valence-electron chi connectivity index (χ2n) is 15.0. The van der Waals surface area contributed by atoms with Crippen molar-refractivity contribution >= 4 is 34.6 Å². The lowest BCUT2D eigenvalue weighted by Crippen LogP contribution is -2.49. The molecule has 2 heterocycles. The van der Waals surface area contributed by atoms with Crippen LogP contribution in [-0.4, -0.2) is 65.6 Å². The largest absolute Gasteiger partial charge is 0.397 e. The van der Waals surface area contributed by atoms with Gasteiger partial charge in [-0.15, -0.1) is 0 Å². The fourth-order valence-electron chi connectivity index (χ4n) is 7.59. The molecule has 3 unspecified atom stereocenters. The second kappa shape index (κ2) is 19.6. The van der Waals surface area contributed by atoms with Gasteiger partial charge in [-0.05, 0) is 58.5 Å². The topological polar surface area (TPSA) is 173 Å². The maximum Gasteiger partial charge on any atom is 0.269 e. The van der Waals surface area contributed by atoms with Gasteiger partial charge < -0.3 is 35.8 Å². The third-order valence-electron chi connectivity index (χ3n) is 10.9. The predicted octanol–water partition coefficient (Wildman–Crippen LogP) is 7.13. The summed E-state index contributed by atoms with van der Waals surface area (Å²) in [6, 6.07) is 37.8. The van der Waals surface area contributed by atoms with Crippen molar-refractivity contribution in [2.45, 2.75) is 57.3 Å². The zero-order valence-corrected chi connectivity index (χ0v) is 32.9. The average molecular weight is 799 g/mol. The van der Waals surface area contributed by atoms with Gasteiger partial charge in [0.1, 0.15) is 0 Å². The number of para-hydroxylation sites is 2. The maximum absolute atomic E-state index is 12.8. The molecule has 13 nitrogen and oxygen atoms in total. The van der Waals surface area contributed by atoms with Gasteiger partial charge in [0.2, 0.25) is 11.8 Å². The molecule has 7 rings (SSSR count). The molecule has 59 heavy (non-hydrogen) atoms. The van der Waals surface area contributed by atoms with E-state index in [0.717, 1.165) is 71.8 Å². The van der Waals surface area contributed by atoms with E-state index in [1.54, 1.807) is 36.4 Å². The van der Waals surface area contributed by atoms with Crippen LogP contribution in [0.2, 0.25) is 0 Å². The normalized spacial score (nSPS) is 18.3. The molecule has 306 valence electrons. The second-order valence-corrected chi connectivity index (χ2v) is 15.0. The summed E-state index contributed by atoms with van der Waals surface area (Å²) in [5, 5.41) is 26.6. The molecule has 5 N–H and O–H groups in total. The van der Waals surface area contributed by atoms with Crippen molar-refractivity contribution in [3.8, 4) is 11.1 Å². The van der Waals surface area contributed by atoms with Crippen LogP contribution in [0.4, 0.5) is 22.7 Å². The number of aliphatic hydroxyl groups is 1. The number of non-ortho nitro benzene ring substituents is 1. The molecule has 0 saturated carbocycles. The Morgan fingerprint density at radius 3 is 2.19 bits per heavy atom. The highest BCUT2D eigenvalue weighted by atomic mass is 16.7. The van der Waals surface area contributed by atoms with Crippen LogP contribution in [0.15, 0.2) is 121 Å². The number of carbonyl (C=O) groups excluding carboxylic acids is 2. The average Bonchev–Trinajstić information content (AvgIpc) is 3.27. The van der Waals surface area contributed by atoms with E-state index in [4.69, 9.17) is 15.2 Å². The Morgan fingerprint density at radius 2 is 1.47 bits per heavy atom. The number of carbonyl (C=O) groups is 2. The van der Waals surface area contributed by atoms with Gasteiger partial charge in [0.05, 0.1) is 35.1 Å². The number of aliphatic hydroxyl groups excluding tert-OH is 1. The molecule has 13 heteroatoms. The maximum atomic E-state index is 12.8. The Hall–Kier alpha value is -6.12. The van der Waals surface area contributed by atoms with Crippen LogP contribution in [0.3, 0.4) is 0 Å². The van der Waals surface area contributed by atoms with Crippen molar-refractivity contribution in [1.29, 1.82) is 0 Å². The smallest absolute Gasteiger partial charge is 0.269 e. The van der Waals surface area contributed by atoms with Crippen LogP contribution in [0.1, 0.15) is 60.3 Å². The highest BCUT2D eigenvalue weighted by Gasteiger charge is 2.34. The lowest BCUT2D eigenvalue weighted by Gasteiger charge is -2.41. The van der Waals surface area contributed by atoms with Gasteiger partial charge in [-0.1, -0.05) is 84.9 Å². The molecule has 0 radical (unpaired) electrons. The summed E-state index contributed by atoms with van der Waals surface area (Å²) < 4.78 is 13.3. The number of nitro benzene ring substituents is 1. The molecule has 2 amide bonds. The van der Waals surface area contributed by atoms with Crippen LogP contribution in [0, 0.1) is 10.1 Å². The highest BCUT2D eigenvalue weighted by Crippen LogP contribution is 2.39. The van der Waals surface area contributed by atoms with Crippen molar-refractivity contribution in [2.75, 3.05) is 48.7 Å². The minimum absolute atomic E-state index is 0.0277. The van der Waals surface area contributed by atoms with E-state index in [-0.39, 0.29) is 54.1 Å². The number of nitro groups is 1. The van der Waals surface area contributed by atoms with Gasteiger partial charge in [0.15, 0.2) is 6.29 Å². The van der Waals surface area contributed by atoms with E-state index in [2.05, 4.69) is 20.4 Å². The number of hydrogen-bond acceptors (Lipinski definition) is 10. The number of rotatable bonds is 15. The molecule has 2 aliphatic heterocycles. The number of anilines is 3. The molecule has 5 aromatic rings. The van der Waals surface area contributed by atoms with Crippen molar-refractivity contribution in [3.05, 3.63) is 154 Å². The third-order valence-corrected chi connectivity index (χ3v) is 10.9. The Kier molecular flexibility index (Phi) is 13.6. The van der Waals surface area contributed by atoms with E-state index in [0.29, 0.717) is 30.8 Å². The fraction of sp³-hybridized carbons (Fsp3) is 0.304. The number of nitrogens with two attached hydrogens (primary N) is 1. The standard InChI is InChI=1S/C46H50N6O7/c47-41-8-3-4-9-42(41)49-45(55)11-5-10-44(54)48-29-36-6-1-2-7-40(36)33-16-18-35(19-17-33)46-58-39(28-43(59-46)34-14-12-32(31-53)13-15-34)30-50-24-26-51(27-25-50)37-20-22-38(23-21-37)52(56)57/h1-4,6-9,12-23,39,43,46,53H,5,10-11,24-31,47H2,(H,48,54)(H,49,55). The Bertz CT molecular complexity index is 2190. The molecular formula is C46H50N6O7. The summed E-state index contributed by atoms with van der Waals surface area (Å²) >= 11 is 0. The summed E-state index contributed by atoms with van der Waals surface area (Å²) in [5.74, 6) is -0.316. The van der Waals surface area contributed by atoms with Crippen molar-refractivity contribution < 1.29 is 29.1 Å². The van der Waals surface area contributed by atoms with E-state index in [1.165, 1.54) is 0 Å². The van der Waals surface area contributed by atoms with Crippen molar-refractivity contribution in [3.63, 3.8) is 0 Å². The Labute approximate surface area is 343 Å². The first-order chi connectivity index (χ1) is 28.7. The van der Waals surface area contributed by atoms with Gasteiger partial charge in [-0.2, -0.15) is 0 Å². The van der Waals surface area contributed by atoms with E-state index in [1.807, 2.05) is 84.9 Å². The Balaban J connectivity index is 0.964. The van der Waals surface area contributed by atoms with Gasteiger partial charge in [0, 0.05) is 81.9 Å². The van der Waals surface area contributed by atoms with Crippen LogP contribution >= 0.6 is 0 Å². The van der Waals surface area contributed by atoms with E-state index >= 15 is 0 Å². The summed E-state index contributed by atoms with van der Waals surface area (Å²) in [4.78, 5) is 40.5. The minimum atomic E-state index is -0.603. The van der Waals surface area contributed by atoms with Gasteiger partial charge in [-0.25, -0.2) is 0 Å². The predicted molar refractivity (Wildman–Crippen MR) is 227 cm³/mol. The highest BCUT2D eigenvalue weighted by molar-refractivity contribution is 5.94. The number of piperazine rings is 1. The number of benzene rings is 5. The molecule has 0 bridgehead atoms. The van der Waals surface area contributed by atoms with Crippen molar-refractivity contribution in [2.24, 2.45) is 0 Å². The monoisotopic (exact) mass is 798 g/mol. The number of hydrogen-bond donors (Lipinski definition) is 4. The quantitative estimate of drug-likeness (QED) is 0.0485. The van der Waals surface area contributed by atoms with Crippen molar-refractivity contribution in [1.82, 2.24) is 10.2 Å². The van der Waals surface area contributed by atoms with Crippen LogP contribution in [-0.2, 0) is 32.2 Å². The first kappa shape index (κ1) is 41.1. The first-order valence-electron chi connectivity index (χ1n) is 20.0. The molecule has 2 fully saturated rings. The van der Waals surface area contributed by atoms with Crippen LogP contribution < -0.4 is 21.3 Å². The lowest BCUT2D eigenvalue weighted by molar-refractivity contribution is -0.384. The first-order valence-corrected chi connectivity index (χ1v) is 20.0. The number of ether oxygens (including phenoxy) is 2. The Morgan fingerprint density at radius 1 is 0.797 bits per heavy atom. The number of nitrogen functional groups attached to an aromatic ring is 1. The molecule has 0 spiro atoms. The van der Waals surface area contributed by atoms with Gasteiger partial charge in [-0.3, -0.25) is 24.6 Å². The van der Waals surface area contributed by atoms with Crippen LogP contribution in [0.5, 0.6) is 0 Å². The number of nitrogens with one attached hydrogen (secondary N) is 2. The summed E-state index contributed by atoms with van der Waals surface area (Å²) in [7, 11) is 0. The molecule has 2 aliphatic rings. The zero-order chi connectivity index (χ0) is 41.1. The SMILES string of the molecule is Nc1ccccc1NC(=O)CCCC(=O)NCc1ccccc1-c1ccc(C2OC(CN3CCN(c4ccc([N+](=O)[O-])cc4)CC3)CC(c3ccc(CO)cc3)O2)cc1. The number of nitrogens with zero attached hydrogens (tertiary/aromatic N) is 3. The lowest BCUT2D eigenvalue weighted by atomic mass is 9.97. The minimum Gasteiger partial charge on any atom is -0.397 e. The summed E-state index contributed by atoms with van der Waals surface area (Å²) in [6.07, 6.45) is 0.590. The molecular weight excluding hydrogens is 749 g/mol. The zero-order valence-electron chi connectivity index (χ0n) is 32.9. The molecule has 0 aromatic heterocycles. The van der Waals surface area contributed by atoms with E-state index < -0.39 is 6.29 Å². The molecule has 3 atom stereocenters. The van der Waals surface area contributed by atoms with Gasteiger partial charge in [0.25, 0.3) is 5.69 Å². The molecule has 0 aliphatic carbocycles. The fourth-order valence-corrected chi connectivity index (χ4v) is 7.59. The van der Waals surface area contributed by atoms with E-state index in [9.17, 15) is 24.8 Å². The van der Waals surface area contributed by atoms with Crippen LogP contribution in [0.25, 0.3) is 11.1 Å². The molecule has 2 saturated heterocycles. The van der Waals surface area contributed by atoms with Gasteiger partial charge >= 0.3 is 0 Å². The summed E-state index contributed by atoms with van der Waals surface area (Å²) in [6.45, 7) is 4.30. The molecule has 5 aromatic carbocycles. The number of amides is 2.